The number of rotatable bonds is 2. The molecule has 1 aliphatic rings. The fraction of sp³-hybridized carbons (Fsp3) is 0.545. The summed E-state index contributed by atoms with van der Waals surface area (Å²) >= 11 is 0. The molecule has 0 radical (unpaired) electrons. The van der Waals surface area contributed by atoms with Gasteiger partial charge in [-0.3, -0.25) is 4.98 Å². The number of aromatic nitrogens is 2. The zero-order chi connectivity index (χ0) is 12.1. The number of amides is 1. The Morgan fingerprint density at radius 3 is 2.82 bits per heavy atom. The van der Waals surface area contributed by atoms with Crippen molar-refractivity contribution in [1.82, 2.24) is 14.9 Å². The standard InChI is InChI=1S/C11H16N4O2/c1-17-11(16)15-6-2-9(3-7-15)14-10-8-12-4-5-13-10/h4-5,8-9H,2-3,6-7H2,1H3,(H,13,14). The first-order valence-corrected chi connectivity index (χ1v) is 5.65. The highest BCUT2D eigenvalue weighted by Crippen LogP contribution is 2.14. The first kappa shape index (κ1) is 11.6. The zero-order valence-electron chi connectivity index (χ0n) is 9.80. The fourth-order valence-electron chi connectivity index (χ4n) is 1.92. The van der Waals surface area contributed by atoms with E-state index >= 15 is 0 Å². The van der Waals surface area contributed by atoms with Crippen LogP contribution in [0.15, 0.2) is 18.6 Å². The van der Waals surface area contributed by atoms with E-state index in [4.69, 9.17) is 0 Å². The topological polar surface area (TPSA) is 67.3 Å². The molecule has 1 saturated heterocycles. The number of hydrogen-bond acceptors (Lipinski definition) is 5. The number of likely N-dealkylation sites (tertiary alicyclic amines) is 1. The van der Waals surface area contributed by atoms with Crippen LogP contribution in [0.1, 0.15) is 12.8 Å². The third kappa shape index (κ3) is 3.05. The molecule has 1 N–H and O–H groups in total. The summed E-state index contributed by atoms with van der Waals surface area (Å²) in [4.78, 5) is 21.2. The number of methoxy groups -OCH3 is 1. The third-order valence-corrected chi connectivity index (χ3v) is 2.84. The molecule has 0 spiro atoms. The van der Waals surface area contributed by atoms with Crippen molar-refractivity contribution in [2.45, 2.75) is 18.9 Å². The van der Waals surface area contributed by atoms with Gasteiger partial charge in [0.2, 0.25) is 0 Å². The van der Waals surface area contributed by atoms with Crippen LogP contribution < -0.4 is 5.32 Å². The van der Waals surface area contributed by atoms with E-state index in [1.807, 2.05) is 0 Å². The van der Waals surface area contributed by atoms with Crippen LogP contribution in [-0.2, 0) is 4.74 Å². The number of nitrogens with zero attached hydrogens (tertiary/aromatic N) is 3. The van der Waals surface area contributed by atoms with Gasteiger partial charge in [-0.1, -0.05) is 0 Å². The Morgan fingerprint density at radius 2 is 2.24 bits per heavy atom. The Morgan fingerprint density at radius 1 is 1.47 bits per heavy atom. The van der Waals surface area contributed by atoms with Crippen LogP contribution in [0, 0.1) is 0 Å². The van der Waals surface area contributed by atoms with Crippen molar-refractivity contribution in [3.05, 3.63) is 18.6 Å². The molecule has 1 aromatic rings. The Balaban J connectivity index is 1.82. The van der Waals surface area contributed by atoms with Gasteiger partial charge in [0.05, 0.1) is 13.3 Å². The lowest BCUT2D eigenvalue weighted by Gasteiger charge is -2.31. The molecule has 2 rings (SSSR count). The lowest BCUT2D eigenvalue weighted by atomic mass is 10.1. The van der Waals surface area contributed by atoms with E-state index in [2.05, 4.69) is 20.0 Å². The van der Waals surface area contributed by atoms with Crippen LogP contribution in [0.3, 0.4) is 0 Å². The molecule has 1 fully saturated rings. The lowest BCUT2D eigenvalue weighted by Crippen LogP contribution is -2.42. The predicted molar refractivity (Wildman–Crippen MR) is 62.7 cm³/mol. The maximum atomic E-state index is 11.3. The predicted octanol–water partition coefficient (Wildman–Crippen LogP) is 1.12. The molecule has 92 valence electrons. The van der Waals surface area contributed by atoms with Crippen molar-refractivity contribution in [1.29, 1.82) is 0 Å². The summed E-state index contributed by atoms with van der Waals surface area (Å²) in [7, 11) is 1.41. The van der Waals surface area contributed by atoms with Gasteiger partial charge in [0.25, 0.3) is 0 Å². The molecule has 6 nitrogen and oxygen atoms in total. The molecule has 0 saturated carbocycles. The van der Waals surface area contributed by atoms with Gasteiger partial charge < -0.3 is 15.0 Å². The van der Waals surface area contributed by atoms with Gasteiger partial charge in [-0.15, -0.1) is 0 Å². The molecule has 0 aliphatic carbocycles. The number of anilines is 1. The normalized spacial score (nSPS) is 16.6. The average molecular weight is 236 g/mol. The smallest absolute Gasteiger partial charge is 0.409 e. The van der Waals surface area contributed by atoms with E-state index in [0.29, 0.717) is 19.1 Å². The molecular formula is C11H16N4O2. The van der Waals surface area contributed by atoms with E-state index in [9.17, 15) is 4.79 Å². The van der Waals surface area contributed by atoms with Crippen molar-refractivity contribution in [2.24, 2.45) is 0 Å². The minimum absolute atomic E-state index is 0.247. The van der Waals surface area contributed by atoms with Gasteiger partial charge in [-0.05, 0) is 12.8 Å². The number of carbonyl (C=O) groups is 1. The van der Waals surface area contributed by atoms with Crippen molar-refractivity contribution >= 4 is 11.9 Å². The molecule has 0 bridgehead atoms. The minimum atomic E-state index is -0.247. The van der Waals surface area contributed by atoms with E-state index in [1.54, 1.807) is 23.5 Å². The molecule has 1 amide bonds. The second kappa shape index (κ2) is 5.47. The quantitative estimate of drug-likeness (QED) is 0.833. The van der Waals surface area contributed by atoms with E-state index in [-0.39, 0.29) is 6.09 Å². The first-order chi connectivity index (χ1) is 8.29. The Kier molecular flexibility index (Phi) is 3.74. The maximum absolute atomic E-state index is 11.3. The van der Waals surface area contributed by atoms with Gasteiger partial charge in [0.15, 0.2) is 0 Å². The largest absolute Gasteiger partial charge is 0.453 e. The molecule has 0 atom stereocenters. The van der Waals surface area contributed by atoms with Crippen molar-refractivity contribution in [3.63, 3.8) is 0 Å². The summed E-state index contributed by atoms with van der Waals surface area (Å²) in [6.07, 6.45) is 6.55. The van der Waals surface area contributed by atoms with Gasteiger partial charge >= 0.3 is 6.09 Å². The van der Waals surface area contributed by atoms with Gasteiger partial charge in [-0.25, -0.2) is 9.78 Å². The number of hydrogen-bond donors (Lipinski definition) is 1. The number of piperidine rings is 1. The molecule has 17 heavy (non-hydrogen) atoms. The Hall–Kier alpha value is -1.85. The zero-order valence-corrected chi connectivity index (χ0v) is 9.80. The monoisotopic (exact) mass is 236 g/mol. The third-order valence-electron chi connectivity index (χ3n) is 2.84. The molecule has 0 unspecified atom stereocenters. The van der Waals surface area contributed by atoms with E-state index < -0.39 is 0 Å². The van der Waals surface area contributed by atoms with Crippen molar-refractivity contribution in [3.8, 4) is 0 Å². The summed E-state index contributed by atoms with van der Waals surface area (Å²) in [6, 6.07) is 0.340. The summed E-state index contributed by atoms with van der Waals surface area (Å²) in [5.41, 5.74) is 0. The molecular weight excluding hydrogens is 220 g/mol. The summed E-state index contributed by atoms with van der Waals surface area (Å²) in [5, 5.41) is 3.31. The fourth-order valence-corrected chi connectivity index (χ4v) is 1.92. The van der Waals surface area contributed by atoms with Crippen LogP contribution in [-0.4, -0.2) is 47.2 Å². The maximum Gasteiger partial charge on any atom is 0.409 e. The highest BCUT2D eigenvalue weighted by molar-refractivity contribution is 5.67. The van der Waals surface area contributed by atoms with Crippen molar-refractivity contribution < 1.29 is 9.53 Å². The first-order valence-electron chi connectivity index (χ1n) is 5.65. The highest BCUT2D eigenvalue weighted by atomic mass is 16.5. The summed E-state index contributed by atoms with van der Waals surface area (Å²) < 4.78 is 4.69. The molecule has 1 aromatic heterocycles. The summed E-state index contributed by atoms with van der Waals surface area (Å²) in [5.74, 6) is 0.781. The molecule has 2 heterocycles. The van der Waals surface area contributed by atoms with Crippen molar-refractivity contribution in [2.75, 3.05) is 25.5 Å². The average Bonchev–Trinajstić information content (AvgIpc) is 2.40. The lowest BCUT2D eigenvalue weighted by molar-refractivity contribution is 0.113. The van der Waals surface area contributed by atoms with Crippen LogP contribution in [0.2, 0.25) is 0 Å². The number of nitrogens with one attached hydrogen (secondary N) is 1. The second-order valence-corrected chi connectivity index (χ2v) is 3.97. The summed E-state index contributed by atoms with van der Waals surface area (Å²) in [6.45, 7) is 1.43. The Bertz CT molecular complexity index is 363. The van der Waals surface area contributed by atoms with Crippen LogP contribution >= 0.6 is 0 Å². The van der Waals surface area contributed by atoms with Crippen LogP contribution in [0.5, 0.6) is 0 Å². The minimum Gasteiger partial charge on any atom is -0.453 e. The number of carbonyl (C=O) groups excluding carboxylic acids is 1. The van der Waals surface area contributed by atoms with Gasteiger partial charge in [0.1, 0.15) is 5.82 Å². The van der Waals surface area contributed by atoms with Crippen LogP contribution in [0.4, 0.5) is 10.6 Å². The SMILES string of the molecule is COC(=O)N1CCC(Nc2cnccn2)CC1. The molecule has 1 aliphatic heterocycles. The van der Waals surface area contributed by atoms with Crippen LogP contribution in [0.25, 0.3) is 0 Å². The van der Waals surface area contributed by atoms with Gasteiger partial charge in [0, 0.05) is 31.5 Å². The molecule has 6 heteroatoms. The van der Waals surface area contributed by atoms with Gasteiger partial charge in [-0.2, -0.15) is 0 Å². The Labute approximate surface area is 100 Å². The number of ether oxygens (including phenoxy) is 1. The second-order valence-electron chi connectivity index (χ2n) is 3.97. The molecule has 0 aromatic carbocycles. The van der Waals surface area contributed by atoms with E-state index in [0.717, 1.165) is 18.7 Å². The van der Waals surface area contributed by atoms with E-state index in [1.165, 1.54) is 7.11 Å². The highest BCUT2D eigenvalue weighted by Gasteiger charge is 2.23.